The van der Waals surface area contributed by atoms with Crippen molar-refractivity contribution >= 4 is 33.2 Å². The third kappa shape index (κ3) is 2.67. The molecule has 0 N–H and O–H groups in total. The summed E-state index contributed by atoms with van der Waals surface area (Å²) in [4.78, 5) is 11.4. The molecule has 0 atom stereocenters. The van der Waals surface area contributed by atoms with Crippen LogP contribution in [-0.2, 0) is 6.42 Å². The van der Waals surface area contributed by atoms with Crippen molar-refractivity contribution < 1.29 is 0 Å². The molecule has 1 aliphatic rings. The molecule has 0 spiro atoms. The monoisotopic (exact) mass is 365 g/mol. The Morgan fingerprint density at radius 3 is 2.76 bits per heavy atom. The van der Waals surface area contributed by atoms with Crippen LogP contribution in [0.15, 0.2) is 22.7 Å². The van der Waals surface area contributed by atoms with Gasteiger partial charge in [0.2, 0.25) is 0 Å². The molecule has 110 valence electrons. The summed E-state index contributed by atoms with van der Waals surface area (Å²) in [6, 6.07) is 6.40. The molecular formula is C16H17BrClN3. The Kier molecular flexibility index (Phi) is 3.93. The highest BCUT2D eigenvalue weighted by molar-refractivity contribution is 9.10. The molecule has 2 aromatic rings. The number of hydrogen-bond acceptors (Lipinski definition) is 3. The van der Waals surface area contributed by atoms with Gasteiger partial charge in [-0.3, -0.25) is 0 Å². The van der Waals surface area contributed by atoms with Gasteiger partial charge in [-0.15, -0.1) is 0 Å². The topological polar surface area (TPSA) is 29.0 Å². The molecule has 2 heterocycles. The number of halogens is 2. The maximum Gasteiger partial charge on any atom is 0.161 e. The van der Waals surface area contributed by atoms with E-state index < -0.39 is 0 Å². The molecule has 0 bridgehead atoms. The van der Waals surface area contributed by atoms with E-state index >= 15 is 0 Å². The maximum atomic E-state index is 6.25. The second kappa shape index (κ2) is 5.58. The van der Waals surface area contributed by atoms with Crippen molar-refractivity contribution in [2.75, 3.05) is 18.5 Å². The second-order valence-electron chi connectivity index (χ2n) is 5.71. The van der Waals surface area contributed by atoms with Crippen LogP contribution in [0.2, 0.25) is 5.15 Å². The summed E-state index contributed by atoms with van der Waals surface area (Å²) in [5.74, 6) is 0.989. The van der Waals surface area contributed by atoms with Crippen molar-refractivity contribution in [1.82, 2.24) is 9.97 Å². The lowest BCUT2D eigenvalue weighted by molar-refractivity contribution is 0.809. The van der Waals surface area contributed by atoms with Crippen LogP contribution in [0, 0.1) is 0 Å². The van der Waals surface area contributed by atoms with Crippen LogP contribution >= 0.6 is 27.5 Å². The molecule has 0 saturated heterocycles. The smallest absolute Gasteiger partial charge is 0.161 e. The van der Waals surface area contributed by atoms with E-state index in [0.29, 0.717) is 16.9 Å². The predicted molar refractivity (Wildman–Crippen MR) is 91.2 cm³/mol. The zero-order valence-corrected chi connectivity index (χ0v) is 14.7. The van der Waals surface area contributed by atoms with Crippen LogP contribution in [0.1, 0.15) is 31.0 Å². The minimum absolute atomic E-state index is 0.291. The Morgan fingerprint density at radius 2 is 2.05 bits per heavy atom. The third-order valence-corrected chi connectivity index (χ3v) is 5.13. The van der Waals surface area contributed by atoms with E-state index in [1.165, 1.54) is 11.3 Å². The van der Waals surface area contributed by atoms with Gasteiger partial charge in [-0.2, -0.15) is 0 Å². The van der Waals surface area contributed by atoms with Gasteiger partial charge >= 0.3 is 0 Å². The van der Waals surface area contributed by atoms with Gasteiger partial charge in [0.25, 0.3) is 0 Å². The van der Waals surface area contributed by atoms with E-state index in [0.717, 1.165) is 28.7 Å². The van der Waals surface area contributed by atoms with Gasteiger partial charge in [-0.1, -0.05) is 25.4 Å². The van der Waals surface area contributed by atoms with Crippen molar-refractivity contribution in [3.63, 3.8) is 0 Å². The minimum Gasteiger partial charge on any atom is -0.374 e. The van der Waals surface area contributed by atoms with Crippen LogP contribution in [-0.4, -0.2) is 23.6 Å². The molecule has 0 aliphatic carbocycles. The zero-order valence-electron chi connectivity index (χ0n) is 12.3. The quantitative estimate of drug-likeness (QED) is 0.723. The highest BCUT2D eigenvalue weighted by atomic mass is 79.9. The summed E-state index contributed by atoms with van der Waals surface area (Å²) >= 11 is 9.73. The number of aromatic nitrogens is 2. The number of hydrogen-bond donors (Lipinski definition) is 0. The Morgan fingerprint density at radius 1 is 1.29 bits per heavy atom. The molecule has 0 amide bonds. The normalized spacial score (nSPS) is 13.9. The van der Waals surface area contributed by atoms with Crippen LogP contribution in [0.4, 0.5) is 5.69 Å². The molecule has 1 aromatic heterocycles. The minimum atomic E-state index is 0.291. The largest absolute Gasteiger partial charge is 0.374 e. The Hall–Kier alpha value is -1.13. The van der Waals surface area contributed by atoms with Crippen LogP contribution < -0.4 is 4.90 Å². The van der Waals surface area contributed by atoms with Gasteiger partial charge in [-0.05, 0) is 52.0 Å². The van der Waals surface area contributed by atoms with Crippen molar-refractivity contribution in [2.24, 2.45) is 0 Å². The summed E-state index contributed by atoms with van der Waals surface area (Å²) in [7, 11) is 2.12. The fourth-order valence-electron chi connectivity index (χ4n) is 2.65. The molecule has 5 heteroatoms. The lowest BCUT2D eigenvalue weighted by Gasteiger charge is -2.13. The Balaban J connectivity index is 2.09. The molecular weight excluding hydrogens is 350 g/mol. The molecule has 0 unspecified atom stereocenters. The standard InChI is InChI=1S/C16H17BrClN3/c1-9(2)14-13(17)15(18)20-16(19-14)11-4-5-12-10(8-11)6-7-21(12)3/h4-5,8-9H,6-7H2,1-3H3. The molecule has 0 saturated carbocycles. The van der Waals surface area contributed by atoms with Gasteiger partial charge < -0.3 is 4.90 Å². The highest BCUT2D eigenvalue weighted by Crippen LogP contribution is 2.34. The van der Waals surface area contributed by atoms with E-state index in [4.69, 9.17) is 16.6 Å². The number of likely N-dealkylation sites (N-methyl/N-ethyl adjacent to an activating group) is 1. The van der Waals surface area contributed by atoms with Crippen molar-refractivity contribution in [1.29, 1.82) is 0 Å². The zero-order chi connectivity index (χ0) is 15.1. The fourth-order valence-corrected chi connectivity index (χ4v) is 3.47. The first-order chi connectivity index (χ1) is 9.97. The number of fused-ring (bicyclic) bond motifs is 1. The van der Waals surface area contributed by atoms with Crippen molar-refractivity contribution in [2.45, 2.75) is 26.2 Å². The molecule has 3 rings (SSSR count). The first-order valence-electron chi connectivity index (χ1n) is 7.04. The van der Waals surface area contributed by atoms with E-state index in [1.807, 2.05) is 0 Å². The first kappa shape index (κ1) is 14.8. The lowest BCUT2D eigenvalue weighted by atomic mass is 10.1. The lowest BCUT2D eigenvalue weighted by Crippen LogP contribution is -2.12. The van der Waals surface area contributed by atoms with Gasteiger partial charge in [0.05, 0.1) is 10.2 Å². The van der Waals surface area contributed by atoms with Crippen molar-refractivity contribution in [3.05, 3.63) is 39.1 Å². The maximum absolute atomic E-state index is 6.25. The number of anilines is 1. The predicted octanol–water partition coefficient (Wildman–Crippen LogP) is 4.68. The molecule has 3 nitrogen and oxygen atoms in total. The summed E-state index contributed by atoms with van der Waals surface area (Å²) in [5.41, 5.74) is 4.62. The molecule has 1 aliphatic heterocycles. The average molecular weight is 367 g/mol. The van der Waals surface area contributed by atoms with Gasteiger partial charge in [0.15, 0.2) is 5.82 Å². The first-order valence-corrected chi connectivity index (χ1v) is 8.22. The van der Waals surface area contributed by atoms with Gasteiger partial charge in [0.1, 0.15) is 5.15 Å². The summed E-state index contributed by atoms with van der Waals surface area (Å²) < 4.78 is 0.795. The summed E-state index contributed by atoms with van der Waals surface area (Å²) in [6.07, 6.45) is 1.07. The third-order valence-electron chi connectivity index (χ3n) is 3.85. The van der Waals surface area contributed by atoms with E-state index in [9.17, 15) is 0 Å². The highest BCUT2D eigenvalue weighted by Gasteiger charge is 2.18. The number of benzene rings is 1. The molecule has 1 aromatic carbocycles. The Bertz CT molecular complexity index is 700. The van der Waals surface area contributed by atoms with Crippen molar-refractivity contribution in [3.8, 4) is 11.4 Å². The molecule has 0 radical (unpaired) electrons. The van der Waals surface area contributed by atoms with Crippen LogP contribution in [0.3, 0.4) is 0 Å². The molecule has 21 heavy (non-hydrogen) atoms. The van der Waals surface area contributed by atoms with E-state index in [2.05, 4.69) is 64.9 Å². The van der Waals surface area contributed by atoms with Crippen LogP contribution in [0.5, 0.6) is 0 Å². The van der Waals surface area contributed by atoms with Gasteiger partial charge in [-0.25, -0.2) is 9.97 Å². The summed E-state index contributed by atoms with van der Waals surface area (Å²) in [6.45, 7) is 5.27. The van der Waals surface area contributed by atoms with Crippen LogP contribution in [0.25, 0.3) is 11.4 Å². The SMILES string of the molecule is CC(C)c1nc(-c2ccc3c(c2)CCN3C)nc(Cl)c1Br. The van der Waals surface area contributed by atoms with Gasteiger partial charge in [0, 0.05) is 24.8 Å². The van der Waals surface area contributed by atoms with E-state index in [-0.39, 0.29) is 0 Å². The van der Waals surface area contributed by atoms with E-state index in [1.54, 1.807) is 0 Å². The average Bonchev–Trinajstić information content (AvgIpc) is 2.82. The number of rotatable bonds is 2. The summed E-state index contributed by atoms with van der Waals surface area (Å²) in [5, 5.41) is 0.473. The number of nitrogens with zero attached hydrogens (tertiary/aromatic N) is 3. The fraction of sp³-hybridized carbons (Fsp3) is 0.375. The molecule has 0 fully saturated rings. The second-order valence-corrected chi connectivity index (χ2v) is 6.86. The Labute approximate surface area is 138 Å².